The fraction of sp³-hybridized carbons (Fsp3) is 0.833. The van der Waals surface area contributed by atoms with E-state index in [-0.39, 0.29) is 23.4 Å². The smallest absolute Gasteiger partial charge is 0.227 e. The molecule has 1 fully saturated rings. The Morgan fingerprint density at radius 2 is 1.88 bits per heavy atom. The molecule has 2 rings (SSSR count). The summed E-state index contributed by atoms with van der Waals surface area (Å²) in [6.45, 7) is 6.47. The number of aromatic nitrogens is 2. The van der Waals surface area contributed by atoms with E-state index in [0.717, 1.165) is 19.3 Å². The molecular weight excluding hydrogens is 238 g/mol. The number of hydrogen-bond acceptors (Lipinski definition) is 4. The van der Waals surface area contributed by atoms with E-state index in [1.807, 2.05) is 0 Å². The summed E-state index contributed by atoms with van der Waals surface area (Å²) in [4.78, 5) is 4.45. The number of halogens is 1. The van der Waals surface area contributed by atoms with E-state index < -0.39 is 0 Å². The molecule has 0 bridgehead atoms. The van der Waals surface area contributed by atoms with Gasteiger partial charge < -0.3 is 10.3 Å². The first-order valence-electron chi connectivity index (χ1n) is 6.01. The number of hydrogen-bond donors (Lipinski definition) is 1. The zero-order valence-electron chi connectivity index (χ0n) is 10.8. The van der Waals surface area contributed by atoms with Gasteiger partial charge in [-0.1, -0.05) is 38.8 Å². The van der Waals surface area contributed by atoms with Crippen molar-refractivity contribution < 1.29 is 4.52 Å². The third kappa shape index (κ3) is 3.42. The van der Waals surface area contributed by atoms with E-state index in [1.54, 1.807) is 0 Å². The maximum absolute atomic E-state index is 6.27. The van der Waals surface area contributed by atoms with Crippen LogP contribution in [0.15, 0.2) is 4.52 Å². The summed E-state index contributed by atoms with van der Waals surface area (Å²) in [7, 11) is 0. The Morgan fingerprint density at radius 3 is 2.41 bits per heavy atom. The van der Waals surface area contributed by atoms with E-state index in [0.29, 0.717) is 11.7 Å². The number of nitrogens with zero attached hydrogens (tertiary/aromatic N) is 2. The highest BCUT2D eigenvalue weighted by Gasteiger charge is 2.36. The topological polar surface area (TPSA) is 64.9 Å². The van der Waals surface area contributed by atoms with Crippen LogP contribution < -0.4 is 5.73 Å². The lowest BCUT2D eigenvalue weighted by Gasteiger charge is -2.18. The molecule has 1 aromatic heterocycles. The molecule has 4 nitrogen and oxygen atoms in total. The summed E-state index contributed by atoms with van der Waals surface area (Å²) >= 11 is 0. The predicted octanol–water partition coefficient (Wildman–Crippen LogP) is 2.81. The third-order valence-electron chi connectivity index (χ3n) is 3.09. The highest BCUT2D eigenvalue weighted by molar-refractivity contribution is 5.85. The second-order valence-electron chi connectivity index (χ2n) is 6.11. The molecule has 1 saturated carbocycles. The first-order valence-corrected chi connectivity index (χ1v) is 6.01. The molecule has 0 saturated heterocycles. The van der Waals surface area contributed by atoms with Gasteiger partial charge in [-0.05, 0) is 18.3 Å². The van der Waals surface area contributed by atoms with E-state index >= 15 is 0 Å². The zero-order valence-corrected chi connectivity index (χ0v) is 11.6. The van der Waals surface area contributed by atoms with Crippen molar-refractivity contribution >= 4 is 12.4 Å². The molecule has 2 N–H and O–H groups in total. The lowest BCUT2D eigenvalue weighted by atomic mass is 9.92. The summed E-state index contributed by atoms with van der Waals surface area (Å²) in [5, 5.41) is 4.04. The maximum atomic E-state index is 6.27. The maximum Gasteiger partial charge on any atom is 0.227 e. The largest absolute Gasteiger partial charge is 0.339 e. The van der Waals surface area contributed by atoms with Crippen LogP contribution >= 0.6 is 12.4 Å². The average molecular weight is 260 g/mol. The molecule has 1 heterocycles. The average Bonchev–Trinajstić information content (AvgIpc) is 2.72. The van der Waals surface area contributed by atoms with Gasteiger partial charge in [-0.2, -0.15) is 4.98 Å². The Hall–Kier alpha value is -0.610. The first kappa shape index (κ1) is 14.5. The Morgan fingerprint density at radius 1 is 1.29 bits per heavy atom. The van der Waals surface area contributed by atoms with Gasteiger partial charge in [-0.25, -0.2) is 0 Å². The fourth-order valence-corrected chi connectivity index (χ4v) is 2.21. The highest BCUT2D eigenvalue weighted by Crippen LogP contribution is 2.34. The number of rotatable bonds is 2. The van der Waals surface area contributed by atoms with Gasteiger partial charge in [0.15, 0.2) is 5.82 Å². The molecule has 0 amide bonds. The molecule has 17 heavy (non-hydrogen) atoms. The van der Waals surface area contributed by atoms with Crippen molar-refractivity contribution in [3.63, 3.8) is 0 Å². The van der Waals surface area contributed by atoms with E-state index in [1.165, 1.54) is 12.8 Å². The molecule has 0 aromatic carbocycles. The van der Waals surface area contributed by atoms with E-state index in [2.05, 4.69) is 30.9 Å². The van der Waals surface area contributed by atoms with Gasteiger partial charge in [-0.15, -0.1) is 12.4 Å². The summed E-state index contributed by atoms with van der Waals surface area (Å²) in [5.41, 5.74) is 6.11. The minimum absolute atomic E-state index is 0. The molecule has 0 aliphatic heterocycles. The minimum atomic E-state index is -0.334. The van der Waals surface area contributed by atoms with Gasteiger partial charge in [0.25, 0.3) is 0 Å². The Labute approximate surface area is 109 Å². The highest BCUT2D eigenvalue weighted by atomic mass is 35.5. The lowest BCUT2D eigenvalue weighted by molar-refractivity contribution is 0.306. The normalized spacial score (nSPS) is 19.1. The van der Waals surface area contributed by atoms with Crippen LogP contribution in [0.2, 0.25) is 0 Å². The standard InChI is InChI=1S/C12H21N3O.ClH/c1-11(2,3)8-9-14-10(15-16-9)12(13)6-4-5-7-12;/h4-8,13H2,1-3H3;1H. The van der Waals surface area contributed by atoms with E-state index in [9.17, 15) is 0 Å². The van der Waals surface area contributed by atoms with Crippen molar-refractivity contribution in [2.75, 3.05) is 0 Å². The van der Waals surface area contributed by atoms with Crippen molar-refractivity contribution in [2.24, 2.45) is 11.1 Å². The fourth-order valence-electron chi connectivity index (χ4n) is 2.21. The second kappa shape index (κ2) is 4.94. The molecule has 1 aliphatic rings. The van der Waals surface area contributed by atoms with Gasteiger partial charge in [0.05, 0.1) is 5.54 Å². The molecule has 0 atom stereocenters. The van der Waals surface area contributed by atoms with Gasteiger partial charge >= 0.3 is 0 Å². The zero-order chi connectivity index (χ0) is 11.8. The van der Waals surface area contributed by atoms with Gasteiger partial charge in [0.2, 0.25) is 5.89 Å². The molecule has 1 aliphatic carbocycles. The Balaban J connectivity index is 0.00000144. The molecule has 0 radical (unpaired) electrons. The minimum Gasteiger partial charge on any atom is -0.339 e. The van der Waals surface area contributed by atoms with Crippen LogP contribution in [-0.4, -0.2) is 10.1 Å². The lowest BCUT2D eigenvalue weighted by Crippen LogP contribution is -2.34. The van der Waals surface area contributed by atoms with Crippen LogP contribution in [0.3, 0.4) is 0 Å². The quantitative estimate of drug-likeness (QED) is 0.887. The van der Waals surface area contributed by atoms with Crippen molar-refractivity contribution in [3.05, 3.63) is 11.7 Å². The van der Waals surface area contributed by atoms with Crippen LogP contribution in [0.4, 0.5) is 0 Å². The van der Waals surface area contributed by atoms with Crippen molar-refractivity contribution in [1.29, 1.82) is 0 Å². The second-order valence-corrected chi connectivity index (χ2v) is 6.11. The molecule has 0 spiro atoms. The Kier molecular flexibility index (Phi) is 4.20. The van der Waals surface area contributed by atoms with E-state index in [4.69, 9.17) is 10.3 Å². The SMILES string of the molecule is CC(C)(C)Cc1nc(C2(N)CCCC2)no1.Cl. The van der Waals surface area contributed by atoms with Crippen LogP contribution in [0, 0.1) is 5.41 Å². The summed E-state index contributed by atoms with van der Waals surface area (Å²) in [5.74, 6) is 1.41. The van der Waals surface area contributed by atoms with Crippen molar-refractivity contribution in [2.45, 2.75) is 58.4 Å². The van der Waals surface area contributed by atoms with Crippen LogP contribution in [-0.2, 0) is 12.0 Å². The third-order valence-corrected chi connectivity index (χ3v) is 3.09. The van der Waals surface area contributed by atoms with Gasteiger partial charge in [0, 0.05) is 6.42 Å². The summed E-state index contributed by atoms with van der Waals surface area (Å²) < 4.78 is 5.28. The number of nitrogens with two attached hydrogens (primary N) is 1. The van der Waals surface area contributed by atoms with Gasteiger partial charge in [-0.3, -0.25) is 0 Å². The molecule has 0 unspecified atom stereocenters. The predicted molar refractivity (Wildman–Crippen MR) is 69.0 cm³/mol. The Bertz CT molecular complexity index is 364. The van der Waals surface area contributed by atoms with Crippen LogP contribution in [0.1, 0.15) is 58.2 Å². The monoisotopic (exact) mass is 259 g/mol. The molecule has 5 heteroatoms. The first-order chi connectivity index (χ1) is 7.39. The molecule has 98 valence electrons. The van der Waals surface area contributed by atoms with Crippen molar-refractivity contribution in [3.8, 4) is 0 Å². The molecular formula is C12H22ClN3O. The van der Waals surface area contributed by atoms with Gasteiger partial charge in [0.1, 0.15) is 0 Å². The summed E-state index contributed by atoms with van der Waals surface area (Å²) in [6, 6.07) is 0. The van der Waals surface area contributed by atoms with Crippen molar-refractivity contribution in [1.82, 2.24) is 10.1 Å². The van der Waals surface area contributed by atoms with Crippen LogP contribution in [0.25, 0.3) is 0 Å². The van der Waals surface area contributed by atoms with Crippen LogP contribution in [0.5, 0.6) is 0 Å². The molecule has 1 aromatic rings. The summed E-state index contributed by atoms with van der Waals surface area (Å²) in [6.07, 6.45) is 5.08.